The minimum atomic E-state index is -3.73. The van der Waals surface area contributed by atoms with Crippen molar-refractivity contribution < 1.29 is 8.42 Å². The first kappa shape index (κ1) is 16.2. The monoisotopic (exact) mass is 357 g/mol. The summed E-state index contributed by atoms with van der Waals surface area (Å²) in [5, 5.41) is 5.13. The number of sulfonamides is 1. The highest BCUT2D eigenvalue weighted by Gasteiger charge is 2.29. The number of hydrogen-bond donors (Lipinski definition) is 1. The standard InChI is InChI=1S/C17H19N5O2S/c1-11-9-13-5-3-7-15(16(13)18-10-11)25(23,24)21-14-6-4-8-22-17(14)19-12(2)20-22/h3,5,7,9-10,14,21H,4,6,8H2,1-2H3/t14-/m1/s1. The maximum atomic E-state index is 13.0. The smallest absolute Gasteiger partial charge is 0.243 e. The number of para-hydroxylation sites is 1. The molecule has 1 aromatic carbocycles. The molecule has 0 aliphatic carbocycles. The second-order valence-electron chi connectivity index (χ2n) is 6.40. The minimum Gasteiger partial charge on any atom is -0.255 e. The molecule has 0 bridgehead atoms. The summed E-state index contributed by atoms with van der Waals surface area (Å²) in [4.78, 5) is 8.92. The molecular weight excluding hydrogens is 338 g/mol. The van der Waals surface area contributed by atoms with E-state index >= 15 is 0 Å². The van der Waals surface area contributed by atoms with E-state index in [-0.39, 0.29) is 10.9 Å². The molecule has 0 saturated heterocycles. The maximum absolute atomic E-state index is 13.0. The van der Waals surface area contributed by atoms with Crippen molar-refractivity contribution in [2.75, 3.05) is 0 Å². The van der Waals surface area contributed by atoms with Crippen LogP contribution in [0.15, 0.2) is 35.4 Å². The van der Waals surface area contributed by atoms with E-state index in [2.05, 4.69) is 19.8 Å². The van der Waals surface area contributed by atoms with Crippen LogP contribution in [0.25, 0.3) is 10.9 Å². The van der Waals surface area contributed by atoms with Crippen LogP contribution in [-0.2, 0) is 16.6 Å². The summed E-state index contributed by atoms with van der Waals surface area (Å²) in [7, 11) is -3.73. The summed E-state index contributed by atoms with van der Waals surface area (Å²) in [5.74, 6) is 1.33. The number of nitrogens with one attached hydrogen (secondary N) is 1. The Morgan fingerprint density at radius 2 is 2.12 bits per heavy atom. The molecule has 0 spiro atoms. The fraction of sp³-hybridized carbons (Fsp3) is 0.353. The lowest BCUT2D eigenvalue weighted by Gasteiger charge is -2.23. The third-order valence-corrected chi connectivity index (χ3v) is 5.88. The fourth-order valence-electron chi connectivity index (χ4n) is 3.29. The first-order valence-corrected chi connectivity index (χ1v) is 9.71. The number of rotatable bonds is 3. The van der Waals surface area contributed by atoms with Crippen molar-refractivity contribution in [1.29, 1.82) is 0 Å². The zero-order valence-corrected chi connectivity index (χ0v) is 14.9. The lowest BCUT2D eigenvalue weighted by Crippen LogP contribution is -2.33. The second kappa shape index (κ2) is 5.89. The van der Waals surface area contributed by atoms with E-state index < -0.39 is 10.0 Å². The van der Waals surface area contributed by atoms with Gasteiger partial charge >= 0.3 is 0 Å². The molecule has 2 aromatic heterocycles. The van der Waals surface area contributed by atoms with E-state index in [1.54, 1.807) is 23.0 Å². The predicted molar refractivity (Wildman–Crippen MR) is 93.5 cm³/mol. The Balaban J connectivity index is 1.74. The molecule has 1 aliphatic rings. The van der Waals surface area contributed by atoms with E-state index in [1.807, 2.05) is 26.0 Å². The Morgan fingerprint density at radius 1 is 1.28 bits per heavy atom. The van der Waals surface area contributed by atoms with Crippen LogP contribution in [0.5, 0.6) is 0 Å². The third kappa shape index (κ3) is 2.91. The summed E-state index contributed by atoms with van der Waals surface area (Å²) in [6.07, 6.45) is 3.24. The van der Waals surface area contributed by atoms with Crippen LogP contribution in [-0.4, -0.2) is 28.2 Å². The van der Waals surface area contributed by atoms with E-state index in [0.29, 0.717) is 23.6 Å². The van der Waals surface area contributed by atoms with Crippen molar-refractivity contribution >= 4 is 20.9 Å². The number of fused-ring (bicyclic) bond motifs is 2. The summed E-state index contributed by atoms with van der Waals surface area (Å²) in [5.41, 5.74) is 1.47. The molecule has 1 aliphatic heterocycles. The summed E-state index contributed by atoms with van der Waals surface area (Å²) < 4.78 is 30.6. The highest BCUT2D eigenvalue weighted by molar-refractivity contribution is 7.89. The molecule has 3 aromatic rings. The van der Waals surface area contributed by atoms with Crippen LogP contribution in [0.4, 0.5) is 0 Å². The molecular formula is C17H19N5O2S. The molecule has 25 heavy (non-hydrogen) atoms. The number of nitrogens with zero attached hydrogens (tertiary/aromatic N) is 4. The molecule has 1 atom stereocenters. The van der Waals surface area contributed by atoms with Gasteiger partial charge in [0.15, 0.2) is 0 Å². The number of hydrogen-bond acceptors (Lipinski definition) is 5. The van der Waals surface area contributed by atoms with Gasteiger partial charge in [-0.1, -0.05) is 12.1 Å². The zero-order valence-electron chi connectivity index (χ0n) is 14.1. The van der Waals surface area contributed by atoms with Gasteiger partial charge in [-0.3, -0.25) is 4.98 Å². The lowest BCUT2D eigenvalue weighted by molar-refractivity contribution is 0.400. The van der Waals surface area contributed by atoms with Crippen LogP contribution < -0.4 is 4.72 Å². The number of benzene rings is 1. The Morgan fingerprint density at radius 3 is 2.96 bits per heavy atom. The van der Waals surface area contributed by atoms with Crippen molar-refractivity contribution in [3.05, 3.63) is 47.7 Å². The molecule has 0 saturated carbocycles. The van der Waals surface area contributed by atoms with E-state index in [1.165, 1.54) is 0 Å². The van der Waals surface area contributed by atoms with Crippen LogP contribution >= 0.6 is 0 Å². The molecule has 7 nitrogen and oxygen atoms in total. The van der Waals surface area contributed by atoms with Gasteiger partial charge in [0.25, 0.3) is 0 Å². The van der Waals surface area contributed by atoms with Gasteiger partial charge in [0.1, 0.15) is 16.5 Å². The van der Waals surface area contributed by atoms with Gasteiger partial charge in [-0.25, -0.2) is 22.8 Å². The van der Waals surface area contributed by atoms with Crippen molar-refractivity contribution in [2.45, 2.75) is 44.2 Å². The van der Waals surface area contributed by atoms with Crippen molar-refractivity contribution in [2.24, 2.45) is 0 Å². The van der Waals surface area contributed by atoms with E-state index in [4.69, 9.17) is 0 Å². The largest absolute Gasteiger partial charge is 0.255 e. The van der Waals surface area contributed by atoms with E-state index in [0.717, 1.165) is 23.9 Å². The van der Waals surface area contributed by atoms with Crippen LogP contribution in [0.3, 0.4) is 0 Å². The van der Waals surface area contributed by atoms with Gasteiger partial charge in [-0.2, -0.15) is 5.10 Å². The number of aryl methyl sites for hydroxylation is 3. The number of aromatic nitrogens is 4. The van der Waals surface area contributed by atoms with Gasteiger partial charge in [-0.15, -0.1) is 0 Å². The Labute approximate surface area is 146 Å². The first-order valence-electron chi connectivity index (χ1n) is 8.23. The lowest BCUT2D eigenvalue weighted by atomic mass is 10.1. The molecule has 1 N–H and O–H groups in total. The summed E-state index contributed by atoms with van der Waals surface area (Å²) >= 11 is 0. The highest BCUT2D eigenvalue weighted by Crippen LogP contribution is 2.27. The topological polar surface area (TPSA) is 89.8 Å². The maximum Gasteiger partial charge on any atom is 0.243 e. The molecule has 3 heterocycles. The van der Waals surface area contributed by atoms with Crippen LogP contribution in [0, 0.1) is 13.8 Å². The summed E-state index contributed by atoms with van der Waals surface area (Å²) in [6.45, 7) is 4.51. The average molecular weight is 357 g/mol. The molecule has 0 amide bonds. The predicted octanol–water partition coefficient (Wildman–Crippen LogP) is 2.26. The van der Waals surface area contributed by atoms with Gasteiger partial charge < -0.3 is 0 Å². The minimum absolute atomic E-state index is 0.193. The Bertz CT molecular complexity index is 1060. The van der Waals surface area contributed by atoms with Gasteiger partial charge in [0.2, 0.25) is 10.0 Å². The quantitative estimate of drug-likeness (QED) is 0.776. The van der Waals surface area contributed by atoms with Gasteiger partial charge in [-0.05, 0) is 44.4 Å². The molecule has 0 unspecified atom stereocenters. The zero-order chi connectivity index (χ0) is 17.6. The Kier molecular flexibility index (Phi) is 3.81. The normalized spacial score (nSPS) is 17.6. The van der Waals surface area contributed by atoms with Crippen LogP contribution in [0.2, 0.25) is 0 Å². The SMILES string of the molecule is Cc1cnc2c(S(=O)(=O)N[C@@H]3CCCn4nc(C)nc43)cccc2c1. The third-order valence-electron chi connectivity index (χ3n) is 4.38. The molecule has 4 rings (SSSR count). The summed E-state index contributed by atoms with van der Waals surface area (Å²) in [6, 6.07) is 6.76. The molecule has 0 radical (unpaired) electrons. The Hall–Kier alpha value is -2.32. The van der Waals surface area contributed by atoms with Crippen LogP contribution in [0.1, 0.15) is 36.1 Å². The first-order chi connectivity index (χ1) is 11.9. The second-order valence-corrected chi connectivity index (χ2v) is 8.08. The highest BCUT2D eigenvalue weighted by atomic mass is 32.2. The molecule has 130 valence electrons. The average Bonchev–Trinajstić information content (AvgIpc) is 2.95. The van der Waals surface area contributed by atoms with Crippen molar-refractivity contribution in [1.82, 2.24) is 24.5 Å². The fourth-order valence-corrected chi connectivity index (χ4v) is 4.70. The van der Waals surface area contributed by atoms with E-state index in [9.17, 15) is 8.42 Å². The van der Waals surface area contributed by atoms with Crippen molar-refractivity contribution in [3.63, 3.8) is 0 Å². The molecule has 0 fully saturated rings. The number of pyridine rings is 1. The van der Waals surface area contributed by atoms with Crippen molar-refractivity contribution in [3.8, 4) is 0 Å². The van der Waals surface area contributed by atoms with Gasteiger partial charge in [0.05, 0.1) is 11.6 Å². The molecule has 8 heteroatoms. The van der Waals surface area contributed by atoms with Gasteiger partial charge in [0, 0.05) is 18.1 Å².